The summed E-state index contributed by atoms with van der Waals surface area (Å²) < 4.78 is 5.60. The van der Waals surface area contributed by atoms with E-state index in [0.29, 0.717) is 6.10 Å². The third kappa shape index (κ3) is 3.29. The Bertz CT molecular complexity index is 283. The number of aromatic nitrogens is 1. The fourth-order valence-electron chi connectivity index (χ4n) is 2.00. The predicted molar refractivity (Wildman–Crippen MR) is 59.5 cm³/mol. The highest BCUT2D eigenvalue weighted by Gasteiger charge is 2.17. The minimum absolute atomic E-state index is 0.437. The monoisotopic (exact) mass is 206 g/mol. The average Bonchev–Trinajstić information content (AvgIpc) is 2.71. The summed E-state index contributed by atoms with van der Waals surface area (Å²) in [5.41, 5.74) is 1.26. The molecule has 1 aliphatic heterocycles. The summed E-state index contributed by atoms with van der Waals surface area (Å²) in [6, 6.07) is 4.09. The molecule has 1 unspecified atom stereocenters. The third-order valence-electron chi connectivity index (χ3n) is 2.71. The number of pyridine rings is 1. The van der Waals surface area contributed by atoms with Gasteiger partial charge in [0.1, 0.15) is 0 Å². The van der Waals surface area contributed by atoms with Gasteiger partial charge in [0.2, 0.25) is 0 Å². The molecule has 15 heavy (non-hydrogen) atoms. The van der Waals surface area contributed by atoms with Crippen LogP contribution in [0.2, 0.25) is 0 Å². The van der Waals surface area contributed by atoms with Crippen LogP contribution in [0.25, 0.3) is 0 Å². The lowest BCUT2D eigenvalue weighted by atomic mass is 10.2. The van der Waals surface area contributed by atoms with Crippen LogP contribution in [0, 0.1) is 0 Å². The van der Waals surface area contributed by atoms with Crippen LogP contribution in [0.1, 0.15) is 18.4 Å². The zero-order valence-electron chi connectivity index (χ0n) is 9.22. The minimum atomic E-state index is 0.437. The molecule has 1 aromatic rings. The molecular formula is C12H18N2O. The molecule has 2 heterocycles. The Balaban J connectivity index is 1.79. The molecular weight excluding hydrogens is 188 g/mol. The van der Waals surface area contributed by atoms with E-state index in [4.69, 9.17) is 4.74 Å². The van der Waals surface area contributed by atoms with Gasteiger partial charge in [-0.25, -0.2) is 0 Å². The van der Waals surface area contributed by atoms with Gasteiger partial charge in [0.25, 0.3) is 0 Å². The summed E-state index contributed by atoms with van der Waals surface area (Å²) in [5.74, 6) is 0. The van der Waals surface area contributed by atoms with Gasteiger partial charge in [0, 0.05) is 32.1 Å². The van der Waals surface area contributed by atoms with E-state index in [0.717, 1.165) is 19.7 Å². The van der Waals surface area contributed by atoms with Crippen LogP contribution in [-0.4, -0.2) is 36.2 Å². The standard InChI is InChI=1S/C12H18N2O/c1-14(10-12-5-3-7-15-12)9-11-4-2-6-13-8-11/h2,4,6,8,12H,3,5,7,9-10H2,1H3. The highest BCUT2D eigenvalue weighted by atomic mass is 16.5. The van der Waals surface area contributed by atoms with E-state index < -0.39 is 0 Å². The zero-order chi connectivity index (χ0) is 10.5. The Morgan fingerprint density at radius 1 is 1.60 bits per heavy atom. The predicted octanol–water partition coefficient (Wildman–Crippen LogP) is 1.69. The molecule has 1 aromatic heterocycles. The van der Waals surface area contributed by atoms with Crippen LogP contribution >= 0.6 is 0 Å². The quantitative estimate of drug-likeness (QED) is 0.749. The largest absolute Gasteiger partial charge is 0.377 e. The number of likely N-dealkylation sites (N-methyl/N-ethyl adjacent to an activating group) is 1. The van der Waals surface area contributed by atoms with Gasteiger partial charge in [-0.15, -0.1) is 0 Å². The highest BCUT2D eigenvalue weighted by Crippen LogP contribution is 2.13. The van der Waals surface area contributed by atoms with Crippen molar-refractivity contribution in [3.05, 3.63) is 30.1 Å². The number of hydrogen-bond acceptors (Lipinski definition) is 3. The number of nitrogens with zero attached hydrogens (tertiary/aromatic N) is 2. The lowest BCUT2D eigenvalue weighted by Gasteiger charge is -2.20. The smallest absolute Gasteiger partial charge is 0.0702 e. The molecule has 1 fully saturated rings. The van der Waals surface area contributed by atoms with Crippen LogP contribution in [0.4, 0.5) is 0 Å². The zero-order valence-corrected chi connectivity index (χ0v) is 9.22. The van der Waals surface area contributed by atoms with Crippen LogP contribution in [-0.2, 0) is 11.3 Å². The summed E-state index contributed by atoms with van der Waals surface area (Å²) in [7, 11) is 2.13. The van der Waals surface area contributed by atoms with E-state index in [-0.39, 0.29) is 0 Å². The van der Waals surface area contributed by atoms with Crippen LogP contribution in [0.15, 0.2) is 24.5 Å². The Labute approximate surface area is 91.1 Å². The molecule has 1 aliphatic rings. The Hall–Kier alpha value is -0.930. The number of ether oxygens (including phenoxy) is 1. The van der Waals surface area contributed by atoms with Gasteiger partial charge >= 0.3 is 0 Å². The first-order valence-corrected chi connectivity index (χ1v) is 5.53. The minimum Gasteiger partial charge on any atom is -0.377 e. The Kier molecular flexibility index (Phi) is 3.69. The summed E-state index contributed by atoms with van der Waals surface area (Å²) in [6.45, 7) is 2.91. The van der Waals surface area contributed by atoms with Crippen molar-refractivity contribution in [3.63, 3.8) is 0 Å². The van der Waals surface area contributed by atoms with E-state index in [2.05, 4.69) is 23.0 Å². The topological polar surface area (TPSA) is 25.4 Å². The second-order valence-corrected chi connectivity index (χ2v) is 4.19. The van der Waals surface area contributed by atoms with Crippen molar-refractivity contribution in [2.24, 2.45) is 0 Å². The molecule has 0 saturated carbocycles. The second-order valence-electron chi connectivity index (χ2n) is 4.19. The van der Waals surface area contributed by atoms with Crippen molar-refractivity contribution in [2.75, 3.05) is 20.2 Å². The maximum atomic E-state index is 5.60. The van der Waals surface area contributed by atoms with E-state index in [1.54, 1.807) is 0 Å². The van der Waals surface area contributed by atoms with Crippen molar-refractivity contribution in [3.8, 4) is 0 Å². The van der Waals surface area contributed by atoms with Crippen molar-refractivity contribution >= 4 is 0 Å². The number of rotatable bonds is 4. The molecule has 0 aromatic carbocycles. The highest BCUT2D eigenvalue weighted by molar-refractivity contribution is 5.07. The van der Waals surface area contributed by atoms with E-state index >= 15 is 0 Å². The Morgan fingerprint density at radius 2 is 2.53 bits per heavy atom. The van der Waals surface area contributed by atoms with Crippen molar-refractivity contribution in [1.29, 1.82) is 0 Å². The molecule has 3 nitrogen and oxygen atoms in total. The van der Waals surface area contributed by atoms with Gasteiger partial charge in [-0.2, -0.15) is 0 Å². The SMILES string of the molecule is CN(Cc1cccnc1)CC1CCCO1. The first-order valence-electron chi connectivity index (χ1n) is 5.53. The fraction of sp³-hybridized carbons (Fsp3) is 0.583. The molecule has 0 N–H and O–H groups in total. The first-order chi connectivity index (χ1) is 7.34. The lowest BCUT2D eigenvalue weighted by molar-refractivity contribution is 0.0793. The summed E-state index contributed by atoms with van der Waals surface area (Å²) in [4.78, 5) is 6.41. The maximum Gasteiger partial charge on any atom is 0.0702 e. The molecule has 0 amide bonds. The molecule has 0 bridgehead atoms. The van der Waals surface area contributed by atoms with Crippen LogP contribution in [0.5, 0.6) is 0 Å². The van der Waals surface area contributed by atoms with Crippen LogP contribution < -0.4 is 0 Å². The first kappa shape index (κ1) is 10.6. The molecule has 0 aliphatic carbocycles. The van der Waals surface area contributed by atoms with Gasteiger partial charge in [0.15, 0.2) is 0 Å². The molecule has 1 atom stereocenters. The second kappa shape index (κ2) is 5.24. The van der Waals surface area contributed by atoms with E-state index in [1.165, 1.54) is 18.4 Å². The molecule has 2 rings (SSSR count). The third-order valence-corrected chi connectivity index (χ3v) is 2.71. The summed E-state index contributed by atoms with van der Waals surface area (Å²) in [6.07, 6.45) is 6.59. The van der Waals surface area contributed by atoms with Gasteiger partial charge in [-0.05, 0) is 31.5 Å². The average molecular weight is 206 g/mol. The van der Waals surface area contributed by atoms with Crippen molar-refractivity contribution < 1.29 is 4.74 Å². The van der Waals surface area contributed by atoms with Crippen LogP contribution in [0.3, 0.4) is 0 Å². The molecule has 0 spiro atoms. The van der Waals surface area contributed by atoms with Crippen molar-refractivity contribution in [2.45, 2.75) is 25.5 Å². The van der Waals surface area contributed by atoms with Gasteiger partial charge < -0.3 is 4.74 Å². The lowest BCUT2D eigenvalue weighted by Crippen LogP contribution is -2.28. The summed E-state index contributed by atoms with van der Waals surface area (Å²) in [5, 5.41) is 0. The van der Waals surface area contributed by atoms with Gasteiger partial charge in [-0.1, -0.05) is 6.07 Å². The van der Waals surface area contributed by atoms with Gasteiger partial charge in [0.05, 0.1) is 6.10 Å². The maximum absolute atomic E-state index is 5.60. The summed E-state index contributed by atoms with van der Waals surface area (Å²) >= 11 is 0. The fourth-order valence-corrected chi connectivity index (χ4v) is 2.00. The molecule has 1 saturated heterocycles. The molecule has 82 valence electrons. The van der Waals surface area contributed by atoms with E-state index in [1.807, 2.05) is 18.5 Å². The number of hydrogen-bond donors (Lipinski definition) is 0. The molecule has 3 heteroatoms. The molecule has 0 radical (unpaired) electrons. The van der Waals surface area contributed by atoms with Gasteiger partial charge in [-0.3, -0.25) is 9.88 Å². The Morgan fingerprint density at radius 3 is 3.20 bits per heavy atom. The van der Waals surface area contributed by atoms with E-state index in [9.17, 15) is 0 Å². The van der Waals surface area contributed by atoms with Crippen molar-refractivity contribution in [1.82, 2.24) is 9.88 Å². The normalized spacial score (nSPS) is 21.1.